The molecule has 3 heteroatoms. The lowest BCUT2D eigenvalue weighted by atomic mass is 10.1. The highest BCUT2D eigenvalue weighted by Gasteiger charge is 2.10. The minimum Gasteiger partial charge on any atom is -0.508 e. The van der Waals surface area contributed by atoms with Crippen molar-refractivity contribution in [3.63, 3.8) is 0 Å². The van der Waals surface area contributed by atoms with E-state index in [0.29, 0.717) is 5.75 Å². The van der Waals surface area contributed by atoms with Crippen molar-refractivity contribution in [3.05, 3.63) is 65.7 Å². The molecule has 0 aliphatic rings. The summed E-state index contributed by atoms with van der Waals surface area (Å²) in [5, 5.41) is 10.3. The van der Waals surface area contributed by atoms with Gasteiger partial charge in [0.05, 0.1) is 0 Å². The van der Waals surface area contributed by atoms with Gasteiger partial charge in [-0.05, 0) is 41.9 Å². The third-order valence-electron chi connectivity index (χ3n) is 4.22. The van der Waals surface area contributed by atoms with Crippen molar-refractivity contribution in [2.24, 2.45) is 0 Å². The molecule has 2 rings (SSSR count). The number of unbranched alkanes of at least 4 members (excludes halogenated alkanes) is 2. The number of rotatable bonds is 12. The molecular weight excluding hydrogens is 344 g/mol. The van der Waals surface area contributed by atoms with Crippen LogP contribution < -0.4 is 0 Å². The van der Waals surface area contributed by atoms with Crippen LogP contribution >= 0.6 is 23.5 Å². The summed E-state index contributed by atoms with van der Waals surface area (Å²) in [6.07, 6.45) is 6.53. The Morgan fingerprint density at radius 2 is 1.68 bits per heavy atom. The number of aromatic hydroxyl groups is 1. The standard InChI is InChI=1S/C22H30OS2/c1-2-3-5-13-22(25-18-20-11-8-12-21(23)16-20)14-15-24-17-19-9-6-4-7-10-19/h4,6-12,16,22-23H,2-3,5,13-15,17-18H2,1H3. The molecule has 0 amide bonds. The van der Waals surface area contributed by atoms with Gasteiger partial charge in [0.15, 0.2) is 0 Å². The first-order valence-electron chi connectivity index (χ1n) is 9.29. The molecule has 0 fully saturated rings. The lowest BCUT2D eigenvalue weighted by Crippen LogP contribution is -2.05. The second kappa shape index (κ2) is 12.3. The van der Waals surface area contributed by atoms with Crippen LogP contribution in [0.4, 0.5) is 0 Å². The number of phenols is 1. The van der Waals surface area contributed by atoms with Crippen LogP contribution in [0.15, 0.2) is 54.6 Å². The van der Waals surface area contributed by atoms with E-state index in [2.05, 4.69) is 55.1 Å². The Kier molecular flexibility index (Phi) is 9.98. The van der Waals surface area contributed by atoms with Crippen molar-refractivity contribution >= 4 is 23.5 Å². The molecule has 1 nitrogen and oxygen atoms in total. The lowest BCUT2D eigenvalue weighted by molar-refractivity contribution is 0.475. The smallest absolute Gasteiger partial charge is 0.115 e. The molecule has 0 radical (unpaired) electrons. The van der Waals surface area contributed by atoms with Gasteiger partial charge in [0, 0.05) is 16.8 Å². The Hall–Kier alpha value is -1.06. The minimum absolute atomic E-state index is 0.374. The van der Waals surface area contributed by atoms with Crippen LogP contribution in [0.5, 0.6) is 5.75 Å². The summed E-state index contributed by atoms with van der Waals surface area (Å²) in [6.45, 7) is 2.27. The molecule has 25 heavy (non-hydrogen) atoms. The van der Waals surface area contributed by atoms with Gasteiger partial charge in [-0.25, -0.2) is 0 Å². The maximum Gasteiger partial charge on any atom is 0.115 e. The third kappa shape index (κ3) is 8.73. The van der Waals surface area contributed by atoms with E-state index in [0.717, 1.165) is 16.8 Å². The molecule has 2 aromatic carbocycles. The number of hydrogen-bond acceptors (Lipinski definition) is 3. The van der Waals surface area contributed by atoms with Gasteiger partial charge in [0.25, 0.3) is 0 Å². The van der Waals surface area contributed by atoms with E-state index in [-0.39, 0.29) is 0 Å². The normalized spacial score (nSPS) is 12.2. The van der Waals surface area contributed by atoms with Crippen LogP contribution in [-0.4, -0.2) is 16.1 Å². The molecular formula is C22H30OS2. The molecule has 1 atom stereocenters. The Labute approximate surface area is 161 Å². The SMILES string of the molecule is CCCCCC(CCSCc1ccccc1)SCc1cccc(O)c1. The van der Waals surface area contributed by atoms with Gasteiger partial charge in [-0.15, -0.1) is 0 Å². The number of benzene rings is 2. The van der Waals surface area contributed by atoms with Crippen molar-refractivity contribution in [3.8, 4) is 5.75 Å². The summed E-state index contributed by atoms with van der Waals surface area (Å²) < 4.78 is 0. The van der Waals surface area contributed by atoms with Crippen molar-refractivity contribution in [1.82, 2.24) is 0 Å². The van der Waals surface area contributed by atoms with Crippen LogP contribution in [0.3, 0.4) is 0 Å². The quantitative estimate of drug-likeness (QED) is 0.408. The minimum atomic E-state index is 0.374. The van der Waals surface area contributed by atoms with Crippen molar-refractivity contribution < 1.29 is 5.11 Å². The van der Waals surface area contributed by atoms with Crippen molar-refractivity contribution in [2.75, 3.05) is 5.75 Å². The first-order chi connectivity index (χ1) is 12.3. The van der Waals surface area contributed by atoms with Gasteiger partial charge in [0.2, 0.25) is 0 Å². The molecule has 1 N–H and O–H groups in total. The summed E-state index contributed by atoms with van der Waals surface area (Å²) in [4.78, 5) is 0. The average Bonchev–Trinajstić information content (AvgIpc) is 2.63. The van der Waals surface area contributed by atoms with Crippen LogP contribution in [0.1, 0.15) is 50.2 Å². The monoisotopic (exact) mass is 374 g/mol. The molecule has 2 aromatic rings. The van der Waals surface area contributed by atoms with Crippen molar-refractivity contribution in [2.45, 2.75) is 55.8 Å². The molecule has 0 saturated carbocycles. The van der Waals surface area contributed by atoms with Crippen LogP contribution in [0.2, 0.25) is 0 Å². The van der Waals surface area contributed by atoms with Crippen LogP contribution in [0.25, 0.3) is 0 Å². The first-order valence-corrected chi connectivity index (χ1v) is 11.5. The highest BCUT2D eigenvalue weighted by molar-refractivity contribution is 7.99. The van der Waals surface area contributed by atoms with Crippen LogP contribution in [-0.2, 0) is 11.5 Å². The summed E-state index contributed by atoms with van der Waals surface area (Å²) in [5.41, 5.74) is 2.64. The number of hydrogen-bond donors (Lipinski definition) is 1. The maximum absolute atomic E-state index is 9.62. The Morgan fingerprint density at radius 1 is 0.880 bits per heavy atom. The van der Waals surface area contributed by atoms with E-state index >= 15 is 0 Å². The Bertz CT molecular complexity index is 586. The molecule has 0 saturated heterocycles. The summed E-state index contributed by atoms with van der Waals surface area (Å²) >= 11 is 4.10. The Morgan fingerprint density at radius 3 is 2.44 bits per heavy atom. The summed E-state index contributed by atoms with van der Waals surface area (Å²) in [7, 11) is 0. The van der Waals surface area contributed by atoms with Gasteiger partial charge >= 0.3 is 0 Å². The maximum atomic E-state index is 9.62. The third-order valence-corrected chi connectivity index (χ3v) is 6.73. The zero-order chi connectivity index (χ0) is 17.7. The van der Waals surface area contributed by atoms with Gasteiger partial charge < -0.3 is 5.11 Å². The predicted octanol–water partition coefficient (Wildman–Crippen LogP) is 6.90. The average molecular weight is 375 g/mol. The molecule has 0 aromatic heterocycles. The number of phenolic OH excluding ortho intramolecular Hbond substituents is 1. The highest BCUT2D eigenvalue weighted by atomic mass is 32.2. The van der Waals surface area contributed by atoms with Gasteiger partial charge in [-0.2, -0.15) is 23.5 Å². The fourth-order valence-electron chi connectivity index (χ4n) is 2.77. The molecule has 0 aliphatic carbocycles. The van der Waals surface area contributed by atoms with E-state index < -0.39 is 0 Å². The fourth-order valence-corrected chi connectivity index (χ4v) is 5.17. The second-order valence-electron chi connectivity index (χ2n) is 6.43. The molecule has 0 bridgehead atoms. The lowest BCUT2D eigenvalue weighted by Gasteiger charge is -2.16. The van der Waals surface area contributed by atoms with Gasteiger partial charge in [-0.1, -0.05) is 68.7 Å². The topological polar surface area (TPSA) is 20.2 Å². The molecule has 0 spiro atoms. The number of thioether (sulfide) groups is 2. The molecule has 136 valence electrons. The Balaban J connectivity index is 1.74. The van der Waals surface area contributed by atoms with E-state index in [9.17, 15) is 5.11 Å². The highest BCUT2D eigenvalue weighted by Crippen LogP contribution is 2.28. The molecule has 1 unspecified atom stereocenters. The zero-order valence-corrected chi connectivity index (χ0v) is 16.8. The van der Waals surface area contributed by atoms with Crippen molar-refractivity contribution in [1.29, 1.82) is 0 Å². The second-order valence-corrected chi connectivity index (χ2v) is 8.82. The molecule has 0 aliphatic heterocycles. The van der Waals surface area contributed by atoms with Crippen LogP contribution in [0, 0.1) is 0 Å². The zero-order valence-electron chi connectivity index (χ0n) is 15.2. The van der Waals surface area contributed by atoms with Gasteiger partial charge in [-0.3, -0.25) is 0 Å². The largest absolute Gasteiger partial charge is 0.508 e. The summed E-state index contributed by atoms with van der Waals surface area (Å²) in [5.74, 6) is 3.70. The van der Waals surface area contributed by atoms with E-state index in [1.54, 1.807) is 6.07 Å². The van der Waals surface area contributed by atoms with E-state index in [4.69, 9.17) is 0 Å². The van der Waals surface area contributed by atoms with E-state index in [1.165, 1.54) is 49.0 Å². The first kappa shape index (κ1) is 20.3. The molecule has 0 heterocycles. The van der Waals surface area contributed by atoms with Gasteiger partial charge in [0.1, 0.15) is 5.75 Å². The van der Waals surface area contributed by atoms with E-state index in [1.807, 2.05) is 23.9 Å². The fraction of sp³-hybridized carbons (Fsp3) is 0.455. The summed E-state index contributed by atoms with van der Waals surface area (Å²) in [6, 6.07) is 18.4. The predicted molar refractivity (Wildman–Crippen MR) is 115 cm³/mol.